The lowest BCUT2D eigenvalue weighted by molar-refractivity contribution is -0.00380. The van der Waals surface area contributed by atoms with Crippen molar-refractivity contribution >= 4 is 17.5 Å². The molecule has 120 valence electrons. The SMILES string of the molecule is CC(C)(C)[S@@+]([O-])N[C@H]1c2ccccc2CC12CN(C(=O)O)C2. The van der Waals surface area contributed by atoms with Crippen LogP contribution in [0.4, 0.5) is 4.79 Å². The lowest BCUT2D eigenvalue weighted by atomic mass is 9.74. The van der Waals surface area contributed by atoms with Crippen molar-refractivity contribution in [2.45, 2.75) is 38.0 Å². The maximum absolute atomic E-state index is 12.5. The first-order valence-corrected chi connectivity index (χ1v) is 8.62. The van der Waals surface area contributed by atoms with Gasteiger partial charge >= 0.3 is 6.09 Å². The molecule has 1 spiro atoms. The molecule has 0 aromatic heterocycles. The molecule has 1 fully saturated rings. The molecule has 1 amide bonds. The van der Waals surface area contributed by atoms with Crippen molar-refractivity contribution in [2.75, 3.05) is 13.1 Å². The maximum Gasteiger partial charge on any atom is 0.407 e. The predicted molar refractivity (Wildman–Crippen MR) is 85.9 cm³/mol. The zero-order valence-electron chi connectivity index (χ0n) is 13.1. The zero-order valence-corrected chi connectivity index (χ0v) is 13.9. The minimum Gasteiger partial charge on any atom is -0.598 e. The van der Waals surface area contributed by atoms with Crippen LogP contribution in [0.15, 0.2) is 24.3 Å². The summed E-state index contributed by atoms with van der Waals surface area (Å²) in [4.78, 5) is 12.6. The molecule has 6 heteroatoms. The van der Waals surface area contributed by atoms with Crippen molar-refractivity contribution in [3.8, 4) is 0 Å². The summed E-state index contributed by atoms with van der Waals surface area (Å²) in [6.45, 7) is 6.81. The van der Waals surface area contributed by atoms with Crippen molar-refractivity contribution in [1.82, 2.24) is 9.62 Å². The molecule has 0 saturated carbocycles. The fraction of sp³-hybridized carbons (Fsp3) is 0.562. The lowest BCUT2D eigenvalue weighted by Crippen LogP contribution is -2.63. The van der Waals surface area contributed by atoms with E-state index in [9.17, 15) is 9.35 Å². The molecule has 1 aromatic carbocycles. The normalized spacial score (nSPS) is 24.0. The van der Waals surface area contributed by atoms with Crippen LogP contribution < -0.4 is 4.72 Å². The summed E-state index contributed by atoms with van der Waals surface area (Å²) in [5, 5.41) is 9.14. The number of likely N-dealkylation sites (tertiary alicyclic amines) is 1. The topological polar surface area (TPSA) is 75.6 Å². The van der Waals surface area contributed by atoms with E-state index < -0.39 is 17.5 Å². The average molecular weight is 322 g/mol. The van der Waals surface area contributed by atoms with Gasteiger partial charge in [0.05, 0.1) is 6.04 Å². The molecule has 0 unspecified atom stereocenters. The molecule has 1 aliphatic heterocycles. The number of nitrogens with one attached hydrogen (secondary N) is 1. The highest BCUT2D eigenvalue weighted by molar-refractivity contribution is 7.90. The van der Waals surface area contributed by atoms with Crippen molar-refractivity contribution in [2.24, 2.45) is 5.41 Å². The third kappa shape index (κ3) is 2.49. The van der Waals surface area contributed by atoms with Crippen LogP contribution in [-0.4, -0.2) is 38.5 Å². The Bertz CT molecular complexity index is 593. The van der Waals surface area contributed by atoms with Gasteiger partial charge < -0.3 is 14.6 Å². The first kappa shape index (κ1) is 15.6. The number of fused-ring (bicyclic) bond motifs is 1. The van der Waals surface area contributed by atoms with Gasteiger partial charge in [-0.1, -0.05) is 24.3 Å². The number of hydrogen-bond donors (Lipinski definition) is 2. The standard InChI is InChI=1S/C16H22N2O3S/c1-15(2,3)22(21)17-13-12-7-5-4-6-11(12)8-16(13)9-18(10-16)14(19)20/h4-7,13,17H,8-10H2,1-3H3,(H,19,20)/t13-,22+/m0/s1. The van der Waals surface area contributed by atoms with Crippen LogP contribution in [0.2, 0.25) is 0 Å². The molecule has 3 rings (SSSR count). The number of carbonyl (C=O) groups is 1. The number of carboxylic acid groups (broad SMARTS) is 1. The van der Waals surface area contributed by atoms with Gasteiger partial charge in [0.1, 0.15) is 4.75 Å². The van der Waals surface area contributed by atoms with Gasteiger partial charge in [0.15, 0.2) is 0 Å². The molecule has 22 heavy (non-hydrogen) atoms. The van der Waals surface area contributed by atoms with E-state index in [1.165, 1.54) is 10.5 Å². The molecular formula is C16H22N2O3S. The van der Waals surface area contributed by atoms with Crippen LogP contribution in [0.5, 0.6) is 0 Å². The summed E-state index contributed by atoms with van der Waals surface area (Å²) < 4.78 is 15.5. The Hall–Kier alpha value is -1.24. The van der Waals surface area contributed by atoms with Gasteiger partial charge in [0.25, 0.3) is 0 Å². The number of hydrogen-bond acceptors (Lipinski definition) is 3. The number of nitrogens with zero attached hydrogens (tertiary/aromatic N) is 1. The maximum atomic E-state index is 12.5. The van der Waals surface area contributed by atoms with Crippen molar-refractivity contribution in [3.63, 3.8) is 0 Å². The van der Waals surface area contributed by atoms with E-state index >= 15 is 0 Å². The van der Waals surface area contributed by atoms with E-state index in [0.29, 0.717) is 13.1 Å². The van der Waals surface area contributed by atoms with Crippen molar-refractivity contribution < 1.29 is 14.5 Å². The summed E-state index contributed by atoms with van der Waals surface area (Å²) >= 11 is -1.19. The van der Waals surface area contributed by atoms with Crippen molar-refractivity contribution in [1.29, 1.82) is 0 Å². The van der Waals surface area contributed by atoms with Gasteiger partial charge in [-0.2, -0.15) is 0 Å². The second-order valence-electron chi connectivity index (χ2n) is 7.31. The molecule has 1 heterocycles. The molecule has 2 N–H and O–H groups in total. The number of amides is 1. The van der Waals surface area contributed by atoms with Crippen LogP contribution in [0, 0.1) is 5.41 Å². The Morgan fingerprint density at radius 3 is 2.64 bits per heavy atom. The third-order valence-electron chi connectivity index (χ3n) is 4.58. The summed E-state index contributed by atoms with van der Waals surface area (Å²) in [7, 11) is 0. The fourth-order valence-electron chi connectivity index (χ4n) is 3.40. The summed E-state index contributed by atoms with van der Waals surface area (Å²) in [6.07, 6.45) is -0.0383. The molecular weight excluding hydrogens is 300 g/mol. The van der Waals surface area contributed by atoms with Gasteiger partial charge in [-0.05, 0) is 38.3 Å². The lowest BCUT2D eigenvalue weighted by Gasteiger charge is -2.50. The smallest absolute Gasteiger partial charge is 0.407 e. The Morgan fingerprint density at radius 1 is 1.41 bits per heavy atom. The van der Waals surface area contributed by atoms with Gasteiger partial charge in [-0.3, -0.25) is 0 Å². The van der Waals surface area contributed by atoms with Crippen LogP contribution in [0.25, 0.3) is 0 Å². The van der Waals surface area contributed by atoms with E-state index in [1.54, 1.807) is 0 Å². The summed E-state index contributed by atoms with van der Waals surface area (Å²) in [5.41, 5.74) is 2.23. The molecule has 5 nitrogen and oxygen atoms in total. The summed E-state index contributed by atoms with van der Waals surface area (Å²) in [5.74, 6) is 0. The monoisotopic (exact) mass is 322 g/mol. The van der Waals surface area contributed by atoms with Gasteiger partial charge in [-0.25, -0.2) is 4.79 Å². The van der Waals surface area contributed by atoms with E-state index in [0.717, 1.165) is 12.0 Å². The van der Waals surface area contributed by atoms with Gasteiger partial charge in [0.2, 0.25) is 0 Å². The number of benzene rings is 1. The highest BCUT2D eigenvalue weighted by Gasteiger charge is 2.57. The highest BCUT2D eigenvalue weighted by Crippen LogP contribution is 2.51. The number of rotatable bonds is 2. The molecule has 0 radical (unpaired) electrons. The van der Waals surface area contributed by atoms with Gasteiger partial charge in [0, 0.05) is 29.9 Å². The zero-order chi connectivity index (χ0) is 16.1. The first-order valence-electron chi connectivity index (χ1n) is 7.47. The van der Waals surface area contributed by atoms with E-state index in [2.05, 4.69) is 16.9 Å². The predicted octanol–water partition coefficient (Wildman–Crippen LogP) is 2.32. The Labute approximate surface area is 134 Å². The molecule has 1 aromatic rings. The molecule has 0 bridgehead atoms. The van der Waals surface area contributed by atoms with E-state index in [4.69, 9.17) is 5.11 Å². The average Bonchev–Trinajstić information content (AvgIpc) is 2.70. The summed E-state index contributed by atoms with van der Waals surface area (Å²) in [6, 6.07) is 8.08. The van der Waals surface area contributed by atoms with Crippen LogP contribution >= 0.6 is 0 Å². The van der Waals surface area contributed by atoms with Crippen LogP contribution in [0.3, 0.4) is 0 Å². The first-order chi connectivity index (χ1) is 10.2. The van der Waals surface area contributed by atoms with Crippen LogP contribution in [0.1, 0.15) is 37.9 Å². The Kier molecular flexibility index (Phi) is 3.66. The molecule has 2 atom stereocenters. The quantitative estimate of drug-likeness (QED) is 0.819. The third-order valence-corrected chi connectivity index (χ3v) is 6.15. The van der Waals surface area contributed by atoms with Crippen molar-refractivity contribution in [3.05, 3.63) is 35.4 Å². The van der Waals surface area contributed by atoms with Gasteiger partial charge in [-0.15, -0.1) is 4.72 Å². The highest BCUT2D eigenvalue weighted by atomic mass is 32.2. The fourth-order valence-corrected chi connectivity index (χ4v) is 4.35. The Morgan fingerprint density at radius 2 is 2.05 bits per heavy atom. The molecule has 1 aliphatic carbocycles. The van der Waals surface area contributed by atoms with E-state index in [-0.39, 0.29) is 16.2 Å². The molecule has 1 saturated heterocycles. The Balaban J connectivity index is 1.87. The van der Waals surface area contributed by atoms with E-state index in [1.807, 2.05) is 32.9 Å². The minimum absolute atomic E-state index is 0.0561. The largest absolute Gasteiger partial charge is 0.598 e. The minimum atomic E-state index is -1.19. The van der Waals surface area contributed by atoms with Crippen LogP contribution in [-0.2, 0) is 17.8 Å². The second kappa shape index (κ2) is 5.15. The molecule has 2 aliphatic rings. The second-order valence-corrected chi connectivity index (χ2v) is 9.31.